The van der Waals surface area contributed by atoms with Crippen LogP contribution < -0.4 is 5.32 Å². The molecule has 1 heterocycles. The van der Waals surface area contributed by atoms with Gasteiger partial charge < -0.3 is 20.1 Å². The normalized spacial score (nSPS) is 18.1. The number of guanidine groups is 1. The van der Waals surface area contributed by atoms with Gasteiger partial charge in [-0.15, -0.1) is 0 Å². The molecule has 138 valence electrons. The number of carbonyl (C=O) groups excluding carboxylic acids is 1. The lowest BCUT2D eigenvalue weighted by atomic mass is 9.98. The van der Waals surface area contributed by atoms with Crippen LogP contribution in [-0.2, 0) is 16.0 Å². The Balaban J connectivity index is 1.77. The molecule has 0 saturated carbocycles. The monoisotopic (exact) mass is 347 g/mol. The number of aliphatic imine (C=N–C) groups is 1. The van der Waals surface area contributed by atoms with Crippen molar-refractivity contribution in [2.75, 3.05) is 33.3 Å². The predicted octanol–water partition coefficient (Wildman–Crippen LogP) is 2.18. The Kier molecular flexibility index (Phi) is 7.57. The lowest BCUT2D eigenvalue weighted by Gasteiger charge is -2.34. The summed E-state index contributed by atoms with van der Waals surface area (Å²) < 4.78 is 5.16. The van der Waals surface area contributed by atoms with Crippen LogP contribution >= 0.6 is 0 Å². The van der Waals surface area contributed by atoms with E-state index in [0.717, 1.165) is 44.7 Å². The lowest BCUT2D eigenvalue weighted by molar-refractivity contribution is -0.149. The third kappa shape index (κ3) is 5.96. The van der Waals surface area contributed by atoms with Crippen molar-refractivity contribution in [3.8, 4) is 5.75 Å². The molecular weight excluding hydrogens is 318 g/mol. The Hall–Kier alpha value is -2.24. The number of phenols is 1. The second-order valence-electron chi connectivity index (χ2n) is 6.28. The van der Waals surface area contributed by atoms with Crippen molar-refractivity contribution in [2.45, 2.75) is 32.6 Å². The van der Waals surface area contributed by atoms with Crippen LogP contribution in [0.4, 0.5) is 0 Å². The first kappa shape index (κ1) is 19.1. The van der Waals surface area contributed by atoms with Gasteiger partial charge in [0.05, 0.1) is 12.5 Å². The van der Waals surface area contributed by atoms with Gasteiger partial charge in [0.1, 0.15) is 5.75 Å². The maximum absolute atomic E-state index is 12.0. The SMILES string of the molecule is CCOC(=O)C1CCCN(C(=NC)NCCCc2ccc(O)cc2)C1. The zero-order valence-corrected chi connectivity index (χ0v) is 15.2. The molecule has 0 aromatic heterocycles. The summed E-state index contributed by atoms with van der Waals surface area (Å²) >= 11 is 0. The number of aryl methyl sites for hydroxylation is 1. The van der Waals surface area contributed by atoms with Crippen molar-refractivity contribution >= 4 is 11.9 Å². The molecule has 1 aromatic carbocycles. The summed E-state index contributed by atoms with van der Waals surface area (Å²) in [7, 11) is 1.77. The molecule has 0 amide bonds. The largest absolute Gasteiger partial charge is 0.508 e. The van der Waals surface area contributed by atoms with Crippen LogP contribution in [0.15, 0.2) is 29.3 Å². The van der Waals surface area contributed by atoms with E-state index < -0.39 is 0 Å². The van der Waals surface area contributed by atoms with Crippen molar-refractivity contribution in [3.63, 3.8) is 0 Å². The van der Waals surface area contributed by atoms with Gasteiger partial charge in [-0.2, -0.15) is 0 Å². The minimum Gasteiger partial charge on any atom is -0.508 e. The molecular formula is C19H29N3O3. The number of phenolic OH excluding ortho intramolecular Hbond substituents is 1. The minimum atomic E-state index is -0.102. The quantitative estimate of drug-likeness (QED) is 0.357. The summed E-state index contributed by atoms with van der Waals surface area (Å²) in [5.41, 5.74) is 1.20. The van der Waals surface area contributed by atoms with Crippen LogP contribution in [0, 0.1) is 5.92 Å². The van der Waals surface area contributed by atoms with E-state index in [0.29, 0.717) is 18.9 Å². The van der Waals surface area contributed by atoms with Crippen molar-refractivity contribution in [2.24, 2.45) is 10.9 Å². The van der Waals surface area contributed by atoms with Gasteiger partial charge in [0, 0.05) is 26.7 Å². The highest BCUT2D eigenvalue weighted by Gasteiger charge is 2.28. The third-order valence-corrected chi connectivity index (χ3v) is 4.41. The molecule has 1 aromatic rings. The number of esters is 1. The number of ether oxygens (including phenoxy) is 1. The van der Waals surface area contributed by atoms with E-state index >= 15 is 0 Å². The van der Waals surface area contributed by atoms with E-state index in [4.69, 9.17) is 4.74 Å². The number of nitrogens with one attached hydrogen (secondary N) is 1. The van der Waals surface area contributed by atoms with E-state index in [9.17, 15) is 9.90 Å². The van der Waals surface area contributed by atoms with Crippen molar-refractivity contribution < 1.29 is 14.6 Å². The fourth-order valence-electron chi connectivity index (χ4n) is 3.11. The summed E-state index contributed by atoms with van der Waals surface area (Å²) in [4.78, 5) is 18.5. The molecule has 6 nitrogen and oxygen atoms in total. The molecule has 1 aliphatic rings. The van der Waals surface area contributed by atoms with Crippen LogP contribution in [0.25, 0.3) is 0 Å². The average molecular weight is 347 g/mol. The molecule has 25 heavy (non-hydrogen) atoms. The zero-order valence-electron chi connectivity index (χ0n) is 15.2. The van der Waals surface area contributed by atoms with Gasteiger partial charge in [0.25, 0.3) is 0 Å². The molecule has 2 N–H and O–H groups in total. The van der Waals surface area contributed by atoms with Gasteiger partial charge in [-0.1, -0.05) is 12.1 Å². The Morgan fingerprint density at radius 2 is 2.16 bits per heavy atom. The van der Waals surface area contributed by atoms with Crippen LogP contribution in [0.3, 0.4) is 0 Å². The Morgan fingerprint density at radius 1 is 1.40 bits per heavy atom. The second-order valence-corrected chi connectivity index (χ2v) is 6.28. The molecule has 0 radical (unpaired) electrons. The molecule has 0 bridgehead atoms. The topological polar surface area (TPSA) is 74.2 Å². The first-order valence-corrected chi connectivity index (χ1v) is 9.04. The molecule has 1 fully saturated rings. The van der Waals surface area contributed by atoms with Gasteiger partial charge in [-0.25, -0.2) is 0 Å². The fraction of sp³-hybridized carbons (Fsp3) is 0.579. The van der Waals surface area contributed by atoms with Gasteiger partial charge in [0.2, 0.25) is 0 Å². The van der Waals surface area contributed by atoms with E-state index in [2.05, 4.69) is 15.2 Å². The number of likely N-dealkylation sites (tertiary alicyclic amines) is 1. The maximum atomic E-state index is 12.0. The van der Waals surface area contributed by atoms with Crippen LogP contribution in [0.5, 0.6) is 5.75 Å². The van der Waals surface area contributed by atoms with Gasteiger partial charge in [-0.05, 0) is 50.3 Å². The standard InChI is InChI=1S/C19H29N3O3/c1-3-25-18(24)16-7-5-13-22(14-16)19(20-2)21-12-4-6-15-8-10-17(23)11-9-15/h8-11,16,23H,3-7,12-14H2,1-2H3,(H,20,21). The van der Waals surface area contributed by atoms with Crippen molar-refractivity contribution in [1.29, 1.82) is 0 Å². The fourth-order valence-corrected chi connectivity index (χ4v) is 3.11. The highest BCUT2D eigenvalue weighted by Crippen LogP contribution is 2.18. The number of hydrogen-bond donors (Lipinski definition) is 2. The van der Waals surface area contributed by atoms with Gasteiger partial charge in [-0.3, -0.25) is 9.79 Å². The molecule has 0 spiro atoms. The summed E-state index contributed by atoms with van der Waals surface area (Å²) in [6, 6.07) is 7.31. The highest BCUT2D eigenvalue weighted by molar-refractivity contribution is 5.81. The summed E-state index contributed by atoms with van der Waals surface area (Å²) in [6.07, 6.45) is 3.76. The average Bonchev–Trinajstić information content (AvgIpc) is 2.63. The number of aromatic hydroxyl groups is 1. The molecule has 2 rings (SSSR count). The summed E-state index contributed by atoms with van der Waals surface area (Å²) in [6.45, 7) is 4.66. The number of benzene rings is 1. The first-order valence-electron chi connectivity index (χ1n) is 9.04. The minimum absolute atomic E-state index is 0.0655. The predicted molar refractivity (Wildman–Crippen MR) is 98.7 cm³/mol. The number of rotatable bonds is 6. The molecule has 1 atom stereocenters. The van der Waals surface area contributed by atoms with Gasteiger partial charge in [0.15, 0.2) is 5.96 Å². The van der Waals surface area contributed by atoms with E-state index in [1.807, 2.05) is 19.1 Å². The van der Waals surface area contributed by atoms with E-state index in [-0.39, 0.29) is 11.9 Å². The third-order valence-electron chi connectivity index (χ3n) is 4.41. The molecule has 1 saturated heterocycles. The Labute approximate surface area is 149 Å². The zero-order chi connectivity index (χ0) is 18.1. The molecule has 1 unspecified atom stereocenters. The van der Waals surface area contributed by atoms with Gasteiger partial charge >= 0.3 is 5.97 Å². The number of nitrogens with zero attached hydrogens (tertiary/aromatic N) is 2. The Morgan fingerprint density at radius 3 is 2.84 bits per heavy atom. The number of hydrogen-bond acceptors (Lipinski definition) is 4. The van der Waals surface area contributed by atoms with Crippen LogP contribution in [-0.4, -0.2) is 55.2 Å². The van der Waals surface area contributed by atoms with E-state index in [1.165, 1.54) is 5.56 Å². The second kappa shape index (κ2) is 9.91. The molecule has 1 aliphatic heterocycles. The molecule has 0 aliphatic carbocycles. The summed E-state index contributed by atoms with van der Waals surface area (Å²) in [5.74, 6) is 0.975. The summed E-state index contributed by atoms with van der Waals surface area (Å²) in [5, 5.41) is 12.7. The van der Waals surface area contributed by atoms with Crippen molar-refractivity contribution in [1.82, 2.24) is 10.2 Å². The highest BCUT2D eigenvalue weighted by atomic mass is 16.5. The van der Waals surface area contributed by atoms with Crippen LogP contribution in [0.2, 0.25) is 0 Å². The first-order chi connectivity index (χ1) is 12.1. The number of carbonyl (C=O) groups is 1. The van der Waals surface area contributed by atoms with Crippen LogP contribution in [0.1, 0.15) is 31.7 Å². The number of piperidine rings is 1. The Bertz CT molecular complexity index is 572. The maximum Gasteiger partial charge on any atom is 0.310 e. The molecule has 6 heteroatoms. The lowest BCUT2D eigenvalue weighted by Crippen LogP contribution is -2.48. The smallest absolute Gasteiger partial charge is 0.310 e. The van der Waals surface area contributed by atoms with Crippen molar-refractivity contribution in [3.05, 3.63) is 29.8 Å². The van der Waals surface area contributed by atoms with E-state index in [1.54, 1.807) is 19.2 Å².